The van der Waals surface area contributed by atoms with Crippen molar-refractivity contribution in [3.05, 3.63) is 111 Å². The zero-order valence-electron chi connectivity index (χ0n) is 21.3. The van der Waals surface area contributed by atoms with Gasteiger partial charge in [0.2, 0.25) is 4.96 Å². The Hall–Kier alpha value is -4.56. The minimum atomic E-state index is -0.195. The van der Waals surface area contributed by atoms with Crippen molar-refractivity contribution in [2.24, 2.45) is 0 Å². The van der Waals surface area contributed by atoms with Gasteiger partial charge in [0.15, 0.2) is 5.82 Å². The maximum atomic E-state index is 13.4. The molecule has 0 aliphatic rings. The molecule has 7 nitrogen and oxygen atoms in total. The van der Waals surface area contributed by atoms with E-state index >= 15 is 0 Å². The Morgan fingerprint density at radius 3 is 2.45 bits per heavy atom. The second-order valence-electron chi connectivity index (χ2n) is 8.98. The first-order valence-corrected chi connectivity index (χ1v) is 13.2. The quantitative estimate of drug-likeness (QED) is 0.301. The molecule has 0 N–H and O–H groups in total. The first-order chi connectivity index (χ1) is 18.5. The summed E-state index contributed by atoms with van der Waals surface area (Å²) in [5, 5.41) is 9.46. The van der Waals surface area contributed by atoms with E-state index in [1.54, 1.807) is 0 Å². The fraction of sp³-hybridized carbons (Fsp3) is 0.133. The third-order valence-corrected chi connectivity index (χ3v) is 7.34. The van der Waals surface area contributed by atoms with Crippen molar-refractivity contribution in [2.45, 2.75) is 20.8 Å². The van der Waals surface area contributed by atoms with E-state index in [1.165, 1.54) is 15.9 Å². The fourth-order valence-electron chi connectivity index (χ4n) is 4.49. The molecular weight excluding hydrogens is 494 g/mol. The molecule has 0 spiro atoms. The van der Waals surface area contributed by atoms with Gasteiger partial charge in [-0.15, -0.1) is 5.10 Å². The summed E-state index contributed by atoms with van der Waals surface area (Å²) in [5.74, 6) is 1.37. The third-order valence-electron chi connectivity index (χ3n) is 6.38. The lowest BCUT2D eigenvalue weighted by Crippen LogP contribution is -2.23. The first-order valence-electron chi connectivity index (χ1n) is 12.4. The highest BCUT2D eigenvalue weighted by atomic mass is 32.1. The molecule has 3 aromatic heterocycles. The van der Waals surface area contributed by atoms with E-state index in [9.17, 15) is 4.79 Å². The van der Waals surface area contributed by atoms with Crippen molar-refractivity contribution in [1.29, 1.82) is 0 Å². The average Bonchev–Trinajstić information content (AvgIpc) is 3.60. The highest BCUT2D eigenvalue weighted by Gasteiger charge is 2.17. The highest BCUT2D eigenvalue weighted by molar-refractivity contribution is 7.15. The van der Waals surface area contributed by atoms with E-state index in [2.05, 4.69) is 10.1 Å². The van der Waals surface area contributed by atoms with Crippen LogP contribution in [0.3, 0.4) is 0 Å². The minimum Gasteiger partial charge on any atom is -0.494 e. The van der Waals surface area contributed by atoms with Crippen LogP contribution in [0.5, 0.6) is 5.75 Å². The van der Waals surface area contributed by atoms with Gasteiger partial charge in [-0.2, -0.15) is 14.6 Å². The number of aryl methyl sites for hydroxylation is 2. The number of benzene rings is 3. The molecule has 6 rings (SSSR count). The summed E-state index contributed by atoms with van der Waals surface area (Å²) in [6.07, 6.45) is 3.84. The van der Waals surface area contributed by atoms with Crippen LogP contribution in [0.25, 0.3) is 39.4 Å². The van der Waals surface area contributed by atoms with E-state index in [-0.39, 0.29) is 5.56 Å². The lowest BCUT2D eigenvalue weighted by atomic mass is 10.0. The van der Waals surface area contributed by atoms with Crippen LogP contribution in [0.1, 0.15) is 23.6 Å². The summed E-state index contributed by atoms with van der Waals surface area (Å²) in [6.45, 7) is 6.62. The van der Waals surface area contributed by atoms with Crippen LogP contribution in [-0.2, 0) is 0 Å². The van der Waals surface area contributed by atoms with Crippen molar-refractivity contribution in [1.82, 2.24) is 24.4 Å². The Kier molecular flexibility index (Phi) is 6.09. The zero-order chi connectivity index (χ0) is 26.2. The highest BCUT2D eigenvalue weighted by Crippen LogP contribution is 2.30. The molecule has 0 unspecified atom stereocenters. The number of aromatic nitrogens is 5. The van der Waals surface area contributed by atoms with Crippen molar-refractivity contribution in [2.75, 3.05) is 6.61 Å². The Bertz CT molecular complexity index is 1890. The molecule has 0 fully saturated rings. The number of fused-ring (bicyclic) bond motifs is 1. The molecule has 0 saturated carbocycles. The third kappa shape index (κ3) is 4.29. The van der Waals surface area contributed by atoms with E-state index in [0.29, 0.717) is 21.9 Å². The number of hydrogen-bond donors (Lipinski definition) is 0. The lowest BCUT2D eigenvalue weighted by molar-refractivity contribution is 0.340. The SMILES string of the molecule is CCOc1ccc(-c2nn(-c3ccccc3)cc2C=c2sc3nc(-c4ccccc4C)nn3c2=O)c(C)c1. The maximum absolute atomic E-state index is 13.4. The van der Waals surface area contributed by atoms with E-state index in [4.69, 9.17) is 9.84 Å². The average molecular weight is 520 g/mol. The monoisotopic (exact) mass is 519 g/mol. The number of nitrogens with zero attached hydrogens (tertiary/aromatic N) is 5. The Labute approximate surface area is 223 Å². The van der Waals surface area contributed by atoms with Crippen LogP contribution in [0, 0.1) is 13.8 Å². The second-order valence-corrected chi connectivity index (χ2v) is 9.99. The summed E-state index contributed by atoms with van der Waals surface area (Å²) in [7, 11) is 0. The smallest absolute Gasteiger partial charge is 0.291 e. The molecule has 0 aliphatic carbocycles. The van der Waals surface area contributed by atoms with E-state index in [1.807, 2.05) is 111 Å². The predicted octanol–water partition coefficient (Wildman–Crippen LogP) is 5.23. The maximum Gasteiger partial charge on any atom is 0.291 e. The lowest BCUT2D eigenvalue weighted by Gasteiger charge is -2.08. The van der Waals surface area contributed by atoms with Gasteiger partial charge in [0.05, 0.1) is 16.8 Å². The molecule has 188 valence electrons. The molecule has 0 aliphatic heterocycles. The van der Waals surface area contributed by atoms with Gasteiger partial charge in [-0.05, 0) is 68.3 Å². The van der Waals surface area contributed by atoms with Gasteiger partial charge in [0.25, 0.3) is 5.56 Å². The van der Waals surface area contributed by atoms with Crippen LogP contribution in [-0.4, -0.2) is 31.0 Å². The fourth-order valence-corrected chi connectivity index (χ4v) is 5.39. The number of rotatable bonds is 6. The molecule has 3 heterocycles. The van der Waals surface area contributed by atoms with E-state index in [0.717, 1.165) is 44.9 Å². The van der Waals surface area contributed by atoms with Crippen LogP contribution in [0.15, 0.2) is 83.8 Å². The minimum absolute atomic E-state index is 0.195. The molecular formula is C30H25N5O2S. The van der Waals surface area contributed by atoms with Gasteiger partial charge in [-0.25, -0.2) is 4.68 Å². The molecule has 3 aromatic carbocycles. The van der Waals surface area contributed by atoms with Crippen LogP contribution in [0.2, 0.25) is 0 Å². The standard InChI is InChI=1S/C30H25N5O2S/c1-4-37-23-14-15-24(20(3)16-23)27-21(18-34(32-27)22-11-6-5-7-12-22)17-26-29(36)35-30(38-26)31-28(33-35)25-13-9-8-10-19(25)2/h5-18H,4H2,1-3H3. The summed E-state index contributed by atoms with van der Waals surface area (Å²) in [6, 6.07) is 23.8. The predicted molar refractivity (Wildman–Crippen MR) is 151 cm³/mol. The van der Waals surface area contributed by atoms with Gasteiger partial charge in [-0.1, -0.05) is 53.8 Å². The number of ether oxygens (including phenoxy) is 1. The summed E-state index contributed by atoms with van der Waals surface area (Å²) < 4.78 is 9.46. The van der Waals surface area contributed by atoms with Gasteiger partial charge < -0.3 is 4.74 Å². The Morgan fingerprint density at radius 1 is 0.921 bits per heavy atom. The molecule has 0 bridgehead atoms. The van der Waals surface area contributed by atoms with Gasteiger partial charge >= 0.3 is 0 Å². The van der Waals surface area contributed by atoms with Crippen LogP contribution < -0.4 is 14.8 Å². The number of thiazole rings is 1. The number of hydrogen-bond acceptors (Lipinski definition) is 6. The molecule has 0 atom stereocenters. The summed E-state index contributed by atoms with van der Waals surface area (Å²) in [5.41, 5.74) is 6.36. The first kappa shape index (κ1) is 23.8. The Balaban J connectivity index is 1.49. The van der Waals surface area contributed by atoms with Gasteiger partial charge in [0.1, 0.15) is 11.4 Å². The largest absolute Gasteiger partial charge is 0.494 e. The van der Waals surface area contributed by atoms with Crippen LogP contribution in [0.4, 0.5) is 0 Å². The molecule has 6 aromatic rings. The number of para-hydroxylation sites is 1. The van der Waals surface area contributed by atoms with Crippen molar-refractivity contribution < 1.29 is 4.74 Å². The van der Waals surface area contributed by atoms with Gasteiger partial charge in [-0.3, -0.25) is 4.79 Å². The normalized spacial score (nSPS) is 11.9. The zero-order valence-corrected chi connectivity index (χ0v) is 22.1. The van der Waals surface area contributed by atoms with Crippen LogP contribution >= 0.6 is 11.3 Å². The molecule has 0 amide bonds. The molecule has 0 saturated heterocycles. The molecule has 8 heteroatoms. The second kappa shape index (κ2) is 9.72. The summed E-state index contributed by atoms with van der Waals surface area (Å²) >= 11 is 1.33. The Morgan fingerprint density at radius 2 is 1.71 bits per heavy atom. The van der Waals surface area contributed by atoms with Crippen molar-refractivity contribution in [3.8, 4) is 34.1 Å². The van der Waals surface area contributed by atoms with Gasteiger partial charge in [0, 0.05) is 22.9 Å². The molecule has 38 heavy (non-hydrogen) atoms. The summed E-state index contributed by atoms with van der Waals surface area (Å²) in [4.78, 5) is 18.6. The topological polar surface area (TPSA) is 74.3 Å². The van der Waals surface area contributed by atoms with E-state index < -0.39 is 0 Å². The molecule has 0 radical (unpaired) electrons. The van der Waals surface area contributed by atoms with Crippen molar-refractivity contribution in [3.63, 3.8) is 0 Å². The van der Waals surface area contributed by atoms with Crippen molar-refractivity contribution >= 4 is 22.4 Å².